The SMILES string of the molecule is C#Cc1cccc(Nc2nc3cc(C(=O)OC)ccc3c3cnc(NOC)nc23)c1.COC(=O)c1ccc2c(c1)nc(Nc1cccc(Cl)c1)c1nc(NCCC(N)=O)ncc12.O=C(O)c1ccc2c(c1)nc(Nc1cccc(Cl)c1)c1[nH]c(=O)ncc12. The van der Waals surface area contributed by atoms with Gasteiger partial charge in [-0.2, -0.15) is 0 Å². The number of hydrogen-bond donors (Lipinski definition) is 8. The van der Waals surface area contributed by atoms with Gasteiger partial charge in [0.05, 0.1) is 60.1 Å². The highest BCUT2D eigenvalue weighted by Crippen LogP contribution is 2.34. The molecule has 12 aromatic rings. The molecule has 0 fully saturated rings. The molecule has 6 heterocycles. The topological polar surface area (TPSA) is 338 Å². The number of carbonyl (C=O) groups excluding carboxylic acids is 3. The Balaban J connectivity index is 0.000000147. The third-order valence-corrected chi connectivity index (χ3v) is 13.5. The van der Waals surface area contributed by atoms with Crippen molar-refractivity contribution in [1.82, 2.24) is 44.9 Å². The number of amides is 1. The van der Waals surface area contributed by atoms with Gasteiger partial charge in [0, 0.05) is 96.5 Å². The molecule has 26 heteroatoms. The average Bonchev–Trinajstić information content (AvgIpc) is 0.897. The van der Waals surface area contributed by atoms with E-state index in [1.807, 2.05) is 36.4 Å². The van der Waals surface area contributed by atoms with Gasteiger partial charge in [0.1, 0.15) is 11.0 Å². The number of aromatic amines is 1. The number of nitrogens with zero attached hydrogens (tertiary/aromatic N) is 8. The van der Waals surface area contributed by atoms with Crippen LogP contribution in [-0.2, 0) is 19.1 Å². The number of nitrogens with one attached hydrogen (secondary N) is 6. The number of ether oxygens (including phenoxy) is 2. The Morgan fingerprint density at radius 2 is 1.06 bits per heavy atom. The van der Waals surface area contributed by atoms with E-state index in [9.17, 15) is 29.1 Å². The molecule has 0 spiro atoms. The molecule has 0 aliphatic carbocycles. The van der Waals surface area contributed by atoms with Crippen LogP contribution in [0.15, 0.2) is 151 Å². The first-order valence-electron chi connectivity index (χ1n) is 26.2. The number of hydrogen-bond acceptors (Lipinski definition) is 21. The minimum absolute atomic E-state index is 0.121. The maximum absolute atomic E-state index is 12.0. The van der Waals surface area contributed by atoms with E-state index in [1.54, 1.807) is 91.3 Å². The van der Waals surface area contributed by atoms with Gasteiger partial charge in [0.15, 0.2) is 17.5 Å². The fourth-order valence-corrected chi connectivity index (χ4v) is 9.40. The monoisotopic (exact) mass is 1220 g/mol. The summed E-state index contributed by atoms with van der Waals surface area (Å²) >= 11 is 12.1. The summed E-state index contributed by atoms with van der Waals surface area (Å²) in [4.78, 5) is 101. The zero-order chi connectivity index (χ0) is 62.0. The molecule has 0 aliphatic rings. The number of pyridine rings is 3. The van der Waals surface area contributed by atoms with Gasteiger partial charge in [-0.3, -0.25) is 9.63 Å². The van der Waals surface area contributed by atoms with E-state index >= 15 is 0 Å². The van der Waals surface area contributed by atoms with Crippen LogP contribution in [-0.4, -0.2) is 102 Å². The number of carboxylic acids is 1. The number of halogens is 2. The van der Waals surface area contributed by atoms with Crippen molar-refractivity contribution in [3.05, 3.63) is 189 Å². The van der Waals surface area contributed by atoms with Gasteiger partial charge in [-0.25, -0.2) is 64.5 Å². The molecule has 88 heavy (non-hydrogen) atoms. The molecule has 24 nitrogen and oxygen atoms in total. The molecule has 0 aliphatic heterocycles. The molecule has 0 saturated carbocycles. The summed E-state index contributed by atoms with van der Waals surface area (Å²) in [5.74, 6) is 2.18. The number of nitrogens with two attached hydrogens (primary N) is 1. The second-order valence-corrected chi connectivity index (χ2v) is 19.7. The fourth-order valence-electron chi connectivity index (χ4n) is 9.02. The minimum Gasteiger partial charge on any atom is -0.478 e. The number of aromatic nitrogens is 9. The van der Waals surface area contributed by atoms with Crippen molar-refractivity contribution in [2.24, 2.45) is 5.73 Å². The van der Waals surface area contributed by atoms with Crippen LogP contribution in [0.1, 0.15) is 43.1 Å². The van der Waals surface area contributed by atoms with Crippen LogP contribution in [0, 0.1) is 12.3 Å². The number of terminal acetylenes is 1. The lowest BCUT2D eigenvalue weighted by atomic mass is 10.1. The summed E-state index contributed by atoms with van der Waals surface area (Å²) in [7, 11) is 4.14. The predicted octanol–water partition coefficient (Wildman–Crippen LogP) is 10.9. The van der Waals surface area contributed by atoms with Gasteiger partial charge in [0.2, 0.25) is 17.8 Å². The number of aromatic carboxylic acids is 1. The van der Waals surface area contributed by atoms with E-state index in [-0.39, 0.29) is 17.9 Å². The van der Waals surface area contributed by atoms with Crippen molar-refractivity contribution >= 4 is 159 Å². The minimum atomic E-state index is -1.04. The summed E-state index contributed by atoms with van der Waals surface area (Å²) in [6.07, 6.45) is 10.5. The molecular weight excluding hydrogens is 1170 g/mol. The van der Waals surface area contributed by atoms with Crippen LogP contribution in [0.3, 0.4) is 0 Å². The smallest absolute Gasteiger partial charge is 0.345 e. The van der Waals surface area contributed by atoms with Crippen LogP contribution in [0.25, 0.3) is 65.4 Å². The number of H-pyrrole nitrogens is 1. The normalized spacial score (nSPS) is 10.8. The number of fused-ring (bicyclic) bond motifs is 9. The number of methoxy groups -OCH3 is 2. The quantitative estimate of drug-likeness (QED) is 0.0205. The van der Waals surface area contributed by atoms with E-state index in [4.69, 9.17) is 59.6 Å². The predicted molar refractivity (Wildman–Crippen MR) is 337 cm³/mol. The summed E-state index contributed by atoms with van der Waals surface area (Å²) in [5.41, 5.74) is 14.3. The highest BCUT2D eigenvalue weighted by molar-refractivity contribution is 6.31. The average molecular weight is 1220 g/mol. The molecule has 0 unspecified atom stereocenters. The molecule has 6 aromatic heterocycles. The van der Waals surface area contributed by atoms with Crippen molar-refractivity contribution in [2.75, 3.05) is 54.6 Å². The molecule has 0 radical (unpaired) electrons. The van der Waals surface area contributed by atoms with Crippen LogP contribution in [0.2, 0.25) is 10.0 Å². The van der Waals surface area contributed by atoms with E-state index in [0.717, 1.165) is 38.5 Å². The lowest BCUT2D eigenvalue weighted by molar-refractivity contribution is -0.117. The summed E-state index contributed by atoms with van der Waals surface area (Å²) < 4.78 is 9.64. The fraction of sp³-hybridized carbons (Fsp3) is 0.0806. The lowest BCUT2D eigenvalue weighted by Crippen LogP contribution is -2.16. The maximum Gasteiger partial charge on any atom is 0.345 e. The third-order valence-electron chi connectivity index (χ3n) is 13.0. The highest BCUT2D eigenvalue weighted by Gasteiger charge is 2.18. The number of carbonyl (C=O) groups is 4. The standard InChI is InChI=1S/C22H19ClN6O3.C22H17N5O3.C18H11ClN4O3/c1-32-21(31)12-5-6-15-16-11-26-22(25-8-7-18(24)30)29-19(16)20(28-17(15)9-12)27-14-4-2-3-13(23)10-14;1-4-13-6-5-7-15(10-13)24-20-19-17(12-23-22(26-19)27-30-3)16-9-8-14(21(28)29-2)11-18(16)25-20;19-10-2-1-3-11(7-10)21-16-15-13(8-20-18(26)23-15)12-5-4-9(17(24)25)6-14(12)22-16/h2-6,9-11H,7-8H2,1H3,(H2,24,30)(H,27,28)(H,25,26,29);1,5-12H,2-3H3,(H,24,25)(H,23,26,27);1-8H,(H,21,22)(H,24,25)(H,20,23,26). The Labute approximate surface area is 507 Å². The van der Waals surface area contributed by atoms with Gasteiger partial charge >= 0.3 is 23.6 Å². The molecule has 12 rings (SSSR count). The van der Waals surface area contributed by atoms with Gasteiger partial charge in [0.25, 0.3) is 0 Å². The maximum atomic E-state index is 12.0. The molecule has 1 amide bonds. The largest absolute Gasteiger partial charge is 0.478 e. The second-order valence-electron chi connectivity index (χ2n) is 18.8. The van der Waals surface area contributed by atoms with Crippen molar-refractivity contribution < 1.29 is 38.6 Å². The number of esters is 2. The first kappa shape index (κ1) is 59.5. The molecule has 0 atom stereocenters. The summed E-state index contributed by atoms with van der Waals surface area (Å²) in [5, 5.41) is 27.3. The first-order chi connectivity index (χ1) is 42.6. The third kappa shape index (κ3) is 13.6. The van der Waals surface area contributed by atoms with E-state index < -0.39 is 29.5 Å². The van der Waals surface area contributed by atoms with Crippen molar-refractivity contribution in [3.63, 3.8) is 0 Å². The van der Waals surface area contributed by atoms with Crippen LogP contribution in [0.4, 0.5) is 46.4 Å². The number of benzene rings is 6. The molecular formula is C62H47Cl2N15O9. The molecule has 438 valence electrons. The summed E-state index contributed by atoms with van der Waals surface area (Å²) in [6.45, 7) is 0.307. The highest BCUT2D eigenvalue weighted by atomic mass is 35.5. The summed E-state index contributed by atoms with van der Waals surface area (Å²) in [6, 6.07) is 36.5. The zero-order valence-electron chi connectivity index (χ0n) is 46.5. The van der Waals surface area contributed by atoms with Gasteiger partial charge in [-0.1, -0.05) is 65.5 Å². The lowest BCUT2D eigenvalue weighted by Gasteiger charge is -2.13. The van der Waals surface area contributed by atoms with Gasteiger partial charge in [-0.15, -0.1) is 6.42 Å². The Morgan fingerprint density at radius 1 is 0.580 bits per heavy atom. The van der Waals surface area contributed by atoms with Crippen molar-refractivity contribution in [1.29, 1.82) is 0 Å². The van der Waals surface area contributed by atoms with E-state index in [2.05, 4.69) is 67.6 Å². The van der Waals surface area contributed by atoms with Crippen LogP contribution >= 0.6 is 23.2 Å². The molecule has 9 N–H and O–H groups in total. The van der Waals surface area contributed by atoms with E-state index in [0.29, 0.717) is 101 Å². The number of carboxylic acid groups (broad SMARTS) is 1. The molecule has 0 bridgehead atoms. The van der Waals surface area contributed by atoms with Crippen molar-refractivity contribution in [3.8, 4) is 12.3 Å². The molecule has 6 aromatic carbocycles. The van der Waals surface area contributed by atoms with Crippen LogP contribution in [0.5, 0.6) is 0 Å². The Hall–Kier alpha value is -11.7. The van der Waals surface area contributed by atoms with Gasteiger partial charge < -0.3 is 46.6 Å². The van der Waals surface area contributed by atoms with Crippen LogP contribution < -0.4 is 38.2 Å². The second kappa shape index (κ2) is 26.5. The number of anilines is 8. The first-order valence-corrected chi connectivity index (χ1v) is 27.0. The Bertz CT molecular complexity index is 4850. The van der Waals surface area contributed by atoms with Crippen molar-refractivity contribution in [2.45, 2.75) is 6.42 Å². The Kier molecular flexibility index (Phi) is 17.9. The number of rotatable bonds is 15. The molecule has 0 saturated heterocycles. The van der Waals surface area contributed by atoms with E-state index in [1.165, 1.54) is 39.7 Å². The number of primary amides is 1. The zero-order valence-corrected chi connectivity index (χ0v) is 48.0. The Morgan fingerprint density at radius 3 is 1.58 bits per heavy atom. The van der Waals surface area contributed by atoms with Gasteiger partial charge in [-0.05, 0) is 91.0 Å².